The molecule has 1 aromatic rings. The Bertz CT molecular complexity index is 371. The third-order valence-corrected chi connectivity index (χ3v) is 2.46. The molecule has 0 saturated heterocycles. The van der Waals surface area contributed by atoms with Gasteiger partial charge in [0, 0.05) is 31.0 Å². The first-order valence-corrected chi connectivity index (χ1v) is 5.64. The van der Waals surface area contributed by atoms with E-state index in [4.69, 9.17) is 5.11 Å². The number of aliphatic hydroxyl groups is 1. The van der Waals surface area contributed by atoms with Crippen LogP contribution in [0.4, 0.5) is 4.39 Å². The summed E-state index contributed by atoms with van der Waals surface area (Å²) in [5, 5.41) is 11.5. The quantitative estimate of drug-likeness (QED) is 0.583. The highest BCUT2D eigenvalue weighted by Gasteiger charge is 2.06. The maximum Gasteiger partial charge on any atom is 0.251 e. The molecule has 4 nitrogen and oxygen atoms in total. The summed E-state index contributed by atoms with van der Waals surface area (Å²) in [6.45, 7) is 2.62. The van der Waals surface area contributed by atoms with Gasteiger partial charge in [0.1, 0.15) is 0 Å². The highest BCUT2D eigenvalue weighted by Crippen LogP contribution is 2.04. The van der Waals surface area contributed by atoms with Gasteiger partial charge in [-0.3, -0.25) is 4.79 Å². The number of carbonyl (C=O) groups is 1. The maximum atomic E-state index is 12.7. The average Bonchev–Trinajstić information content (AvgIpc) is 2.34. The van der Waals surface area contributed by atoms with Gasteiger partial charge < -0.3 is 10.4 Å². The first kappa shape index (κ1) is 13.6. The second-order valence-corrected chi connectivity index (χ2v) is 4.05. The van der Waals surface area contributed by atoms with E-state index in [1.54, 1.807) is 0 Å². The van der Waals surface area contributed by atoms with Crippen LogP contribution in [0, 0.1) is 11.9 Å². The molecule has 17 heavy (non-hydrogen) atoms. The van der Waals surface area contributed by atoms with Gasteiger partial charge in [-0.2, -0.15) is 4.39 Å². The van der Waals surface area contributed by atoms with Crippen LogP contribution in [0.25, 0.3) is 0 Å². The van der Waals surface area contributed by atoms with Gasteiger partial charge in [-0.1, -0.05) is 6.92 Å². The molecule has 1 atom stereocenters. The van der Waals surface area contributed by atoms with Crippen molar-refractivity contribution in [1.82, 2.24) is 10.3 Å². The zero-order valence-corrected chi connectivity index (χ0v) is 9.82. The van der Waals surface area contributed by atoms with E-state index >= 15 is 0 Å². The number of halogens is 1. The molecule has 0 aliphatic rings. The van der Waals surface area contributed by atoms with Crippen molar-refractivity contribution in [2.45, 2.75) is 19.8 Å². The number of nitrogens with one attached hydrogen (secondary N) is 1. The smallest absolute Gasteiger partial charge is 0.251 e. The summed E-state index contributed by atoms with van der Waals surface area (Å²) in [6, 6.07) is 2.57. The van der Waals surface area contributed by atoms with Crippen molar-refractivity contribution < 1.29 is 14.3 Å². The van der Waals surface area contributed by atoms with Crippen molar-refractivity contribution in [2.75, 3.05) is 13.2 Å². The number of nitrogens with zero attached hydrogens (tertiary/aromatic N) is 1. The minimum Gasteiger partial charge on any atom is -0.396 e. The molecule has 0 radical (unpaired) electrons. The Morgan fingerprint density at radius 1 is 1.65 bits per heavy atom. The lowest BCUT2D eigenvalue weighted by atomic mass is 10.1. The second-order valence-electron chi connectivity index (χ2n) is 4.05. The molecular formula is C12H17FN2O2. The highest BCUT2D eigenvalue weighted by atomic mass is 19.1. The number of pyridine rings is 1. The predicted octanol–water partition coefficient (Wildman–Crippen LogP) is 1.36. The van der Waals surface area contributed by atoms with Gasteiger partial charge in [0.25, 0.3) is 5.91 Å². The van der Waals surface area contributed by atoms with Gasteiger partial charge >= 0.3 is 0 Å². The molecule has 1 amide bonds. The Kier molecular flexibility index (Phi) is 5.56. The summed E-state index contributed by atoms with van der Waals surface area (Å²) >= 11 is 0. The molecule has 0 aliphatic carbocycles. The zero-order valence-electron chi connectivity index (χ0n) is 9.82. The lowest BCUT2D eigenvalue weighted by Gasteiger charge is -2.08. The Morgan fingerprint density at radius 2 is 2.41 bits per heavy atom. The van der Waals surface area contributed by atoms with E-state index in [1.807, 2.05) is 6.92 Å². The summed E-state index contributed by atoms with van der Waals surface area (Å²) in [4.78, 5) is 14.9. The fourth-order valence-electron chi connectivity index (χ4n) is 1.39. The Labute approximate surface area is 99.9 Å². The topological polar surface area (TPSA) is 62.2 Å². The molecule has 0 saturated carbocycles. The number of hydrogen-bond acceptors (Lipinski definition) is 3. The largest absolute Gasteiger partial charge is 0.396 e. The first-order chi connectivity index (χ1) is 8.13. The first-order valence-electron chi connectivity index (χ1n) is 5.64. The van der Waals surface area contributed by atoms with Crippen molar-refractivity contribution in [1.29, 1.82) is 0 Å². The monoisotopic (exact) mass is 240 g/mol. The third-order valence-electron chi connectivity index (χ3n) is 2.46. The van der Waals surface area contributed by atoms with Crippen LogP contribution in [0.2, 0.25) is 0 Å². The van der Waals surface area contributed by atoms with Gasteiger partial charge in [0.05, 0.1) is 0 Å². The number of aliphatic hydroxyl groups excluding tert-OH is 1. The van der Waals surface area contributed by atoms with E-state index in [-0.39, 0.29) is 24.0 Å². The highest BCUT2D eigenvalue weighted by molar-refractivity contribution is 5.93. The minimum absolute atomic E-state index is 0.156. The van der Waals surface area contributed by atoms with Crippen molar-refractivity contribution >= 4 is 5.91 Å². The van der Waals surface area contributed by atoms with Crippen molar-refractivity contribution in [3.63, 3.8) is 0 Å². The van der Waals surface area contributed by atoms with Crippen LogP contribution in [0.15, 0.2) is 18.3 Å². The number of carbonyl (C=O) groups excluding carboxylic acids is 1. The van der Waals surface area contributed by atoms with E-state index < -0.39 is 5.95 Å². The van der Waals surface area contributed by atoms with E-state index in [2.05, 4.69) is 10.3 Å². The molecule has 2 N–H and O–H groups in total. The maximum absolute atomic E-state index is 12.7. The summed E-state index contributed by atoms with van der Waals surface area (Å²) in [5.41, 5.74) is 0.271. The van der Waals surface area contributed by atoms with Crippen LogP contribution in [0.1, 0.15) is 30.1 Å². The van der Waals surface area contributed by atoms with Gasteiger partial charge in [0.15, 0.2) is 0 Å². The normalized spacial score (nSPS) is 12.2. The standard InChI is InChI=1S/C12H17FN2O2/c1-9(8-16)3-2-5-15-12(17)10-4-6-14-11(13)7-10/h4,6-7,9,16H,2-3,5,8H2,1H3,(H,15,17). The van der Waals surface area contributed by atoms with Crippen molar-refractivity contribution in [3.05, 3.63) is 29.8 Å². The van der Waals surface area contributed by atoms with Gasteiger partial charge in [-0.15, -0.1) is 0 Å². The van der Waals surface area contributed by atoms with Gasteiger partial charge in [0.2, 0.25) is 5.95 Å². The molecule has 0 fully saturated rings. The molecule has 94 valence electrons. The van der Waals surface area contributed by atoms with Crippen molar-refractivity contribution in [3.8, 4) is 0 Å². The molecule has 0 spiro atoms. The lowest BCUT2D eigenvalue weighted by Crippen LogP contribution is -2.25. The van der Waals surface area contributed by atoms with Crippen LogP contribution in [0.3, 0.4) is 0 Å². The van der Waals surface area contributed by atoms with Crippen LogP contribution in [-0.2, 0) is 0 Å². The van der Waals surface area contributed by atoms with Crippen LogP contribution in [-0.4, -0.2) is 29.1 Å². The number of amides is 1. The summed E-state index contributed by atoms with van der Waals surface area (Å²) in [7, 11) is 0. The predicted molar refractivity (Wildman–Crippen MR) is 62.0 cm³/mol. The minimum atomic E-state index is -0.661. The molecule has 1 heterocycles. The number of hydrogen-bond donors (Lipinski definition) is 2. The Hall–Kier alpha value is -1.49. The second kappa shape index (κ2) is 6.96. The molecule has 0 bridgehead atoms. The van der Waals surface area contributed by atoms with E-state index in [9.17, 15) is 9.18 Å². The summed E-state index contributed by atoms with van der Waals surface area (Å²) in [6.07, 6.45) is 2.90. The Morgan fingerprint density at radius 3 is 3.06 bits per heavy atom. The molecule has 1 unspecified atom stereocenters. The molecule has 1 rings (SSSR count). The van der Waals surface area contributed by atoms with E-state index in [0.29, 0.717) is 6.54 Å². The fraction of sp³-hybridized carbons (Fsp3) is 0.500. The summed E-state index contributed by atoms with van der Waals surface area (Å²) in [5.74, 6) is -0.722. The molecule has 5 heteroatoms. The van der Waals surface area contributed by atoms with Gasteiger partial charge in [-0.25, -0.2) is 4.98 Å². The van der Waals surface area contributed by atoms with E-state index in [1.165, 1.54) is 12.3 Å². The lowest BCUT2D eigenvalue weighted by molar-refractivity contribution is 0.0951. The van der Waals surface area contributed by atoms with E-state index in [0.717, 1.165) is 18.9 Å². The third kappa shape index (κ3) is 4.91. The number of aromatic nitrogens is 1. The van der Waals surface area contributed by atoms with Gasteiger partial charge in [-0.05, 0) is 24.8 Å². The van der Waals surface area contributed by atoms with Crippen LogP contribution >= 0.6 is 0 Å². The Balaban J connectivity index is 2.30. The molecule has 1 aromatic heterocycles. The zero-order chi connectivity index (χ0) is 12.7. The number of rotatable bonds is 6. The molecule has 0 aromatic carbocycles. The van der Waals surface area contributed by atoms with Crippen LogP contribution in [0.5, 0.6) is 0 Å². The average molecular weight is 240 g/mol. The fourth-order valence-corrected chi connectivity index (χ4v) is 1.39. The molecule has 0 aliphatic heterocycles. The summed E-state index contributed by atoms with van der Waals surface area (Å²) < 4.78 is 12.7. The van der Waals surface area contributed by atoms with Crippen LogP contribution < -0.4 is 5.32 Å². The van der Waals surface area contributed by atoms with Crippen molar-refractivity contribution in [2.24, 2.45) is 5.92 Å². The molecular weight excluding hydrogens is 223 g/mol. The SMILES string of the molecule is CC(CO)CCCNC(=O)c1ccnc(F)c1.